The van der Waals surface area contributed by atoms with Gasteiger partial charge in [0.25, 0.3) is 5.91 Å². The summed E-state index contributed by atoms with van der Waals surface area (Å²) in [6.07, 6.45) is 4.13. The Balaban J connectivity index is 1.55. The van der Waals surface area contributed by atoms with E-state index in [1.165, 1.54) is 11.8 Å². The first-order valence-corrected chi connectivity index (χ1v) is 8.44. The van der Waals surface area contributed by atoms with E-state index in [2.05, 4.69) is 22.2 Å². The summed E-state index contributed by atoms with van der Waals surface area (Å²) in [5, 5.41) is 2.85. The molecule has 5 nitrogen and oxygen atoms in total. The standard InChI is InChI=1S/C21H17N3O2/c1-2-14-5-10-19-18(12-14)24-21(26-19)15-6-8-17(9-7-15)23-20(25)16-4-3-11-22-13-16/h3-13H,2H2,1H3,(H,23,25). The zero-order chi connectivity index (χ0) is 17.9. The molecule has 0 radical (unpaired) electrons. The van der Waals surface area contributed by atoms with Crippen molar-refractivity contribution < 1.29 is 9.21 Å². The van der Waals surface area contributed by atoms with Crippen LogP contribution in [0.3, 0.4) is 0 Å². The fourth-order valence-electron chi connectivity index (χ4n) is 2.71. The van der Waals surface area contributed by atoms with E-state index in [4.69, 9.17) is 4.42 Å². The van der Waals surface area contributed by atoms with Crippen LogP contribution >= 0.6 is 0 Å². The van der Waals surface area contributed by atoms with Crippen LogP contribution in [0.4, 0.5) is 5.69 Å². The third kappa shape index (κ3) is 3.19. The second-order valence-electron chi connectivity index (χ2n) is 5.95. The van der Waals surface area contributed by atoms with E-state index in [9.17, 15) is 4.79 Å². The lowest BCUT2D eigenvalue weighted by molar-refractivity contribution is 0.102. The minimum absolute atomic E-state index is 0.195. The topological polar surface area (TPSA) is 68.0 Å². The van der Waals surface area contributed by atoms with Gasteiger partial charge in [0.15, 0.2) is 5.58 Å². The number of carbonyl (C=O) groups is 1. The zero-order valence-electron chi connectivity index (χ0n) is 14.3. The number of nitrogens with one attached hydrogen (secondary N) is 1. The van der Waals surface area contributed by atoms with Crippen LogP contribution in [0.2, 0.25) is 0 Å². The Bertz CT molecular complexity index is 1050. The molecular weight excluding hydrogens is 326 g/mol. The second kappa shape index (κ2) is 6.80. The van der Waals surface area contributed by atoms with E-state index in [1.54, 1.807) is 18.3 Å². The molecule has 2 aromatic heterocycles. The average molecular weight is 343 g/mol. The maximum atomic E-state index is 12.2. The van der Waals surface area contributed by atoms with Crippen LogP contribution in [-0.2, 0) is 6.42 Å². The highest BCUT2D eigenvalue weighted by Gasteiger charge is 2.10. The number of benzene rings is 2. The van der Waals surface area contributed by atoms with Crippen molar-refractivity contribution in [2.24, 2.45) is 0 Å². The van der Waals surface area contributed by atoms with Crippen LogP contribution in [0.15, 0.2) is 71.4 Å². The molecule has 0 bridgehead atoms. The Morgan fingerprint density at radius 3 is 2.69 bits per heavy atom. The molecule has 0 saturated heterocycles. The van der Waals surface area contributed by atoms with E-state index in [0.29, 0.717) is 17.1 Å². The SMILES string of the molecule is CCc1ccc2oc(-c3ccc(NC(=O)c4cccnc4)cc3)nc2c1. The van der Waals surface area contributed by atoms with Crippen LogP contribution in [0.1, 0.15) is 22.8 Å². The largest absolute Gasteiger partial charge is 0.436 e. The summed E-state index contributed by atoms with van der Waals surface area (Å²) in [5.74, 6) is 0.373. The van der Waals surface area contributed by atoms with Crippen molar-refractivity contribution in [2.75, 3.05) is 5.32 Å². The van der Waals surface area contributed by atoms with E-state index in [0.717, 1.165) is 23.1 Å². The predicted molar refractivity (Wildman–Crippen MR) is 101 cm³/mol. The number of rotatable bonds is 4. The Labute approximate surface area is 150 Å². The first-order valence-electron chi connectivity index (χ1n) is 8.44. The molecule has 0 aliphatic heterocycles. The summed E-state index contributed by atoms with van der Waals surface area (Å²) in [6.45, 7) is 2.11. The molecule has 0 atom stereocenters. The van der Waals surface area contributed by atoms with Gasteiger partial charge in [0.2, 0.25) is 5.89 Å². The Morgan fingerprint density at radius 1 is 1.12 bits per heavy atom. The number of amides is 1. The van der Waals surface area contributed by atoms with Gasteiger partial charge in [-0.15, -0.1) is 0 Å². The number of hydrogen-bond acceptors (Lipinski definition) is 4. The minimum Gasteiger partial charge on any atom is -0.436 e. The molecule has 26 heavy (non-hydrogen) atoms. The summed E-state index contributed by atoms with van der Waals surface area (Å²) in [5.41, 5.74) is 4.93. The number of pyridine rings is 1. The number of fused-ring (bicyclic) bond motifs is 1. The van der Waals surface area contributed by atoms with Crippen LogP contribution in [0.25, 0.3) is 22.6 Å². The number of anilines is 1. The molecule has 0 aliphatic carbocycles. The van der Waals surface area contributed by atoms with Crippen molar-refractivity contribution in [1.82, 2.24) is 9.97 Å². The smallest absolute Gasteiger partial charge is 0.257 e. The van der Waals surface area contributed by atoms with Crippen LogP contribution in [0, 0.1) is 0 Å². The van der Waals surface area contributed by atoms with Gasteiger partial charge in [0.05, 0.1) is 5.56 Å². The molecule has 0 fully saturated rings. The predicted octanol–water partition coefficient (Wildman–Crippen LogP) is 4.70. The molecule has 1 N–H and O–H groups in total. The lowest BCUT2D eigenvalue weighted by atomic mass is 10.1. The monoisotopic (exact) mass is 343 g/mol. The van der Waals surface area contributed by atoms with Gasteiger partial charge in [-0.2, -0.15) is 0 Å². The van der Waals surface area contributed by atoms with Gasteiger partial charge >= 0.3 is 0 Å². The van der Waals surface area contributed by atoms with E-state index in [-0.39, 0.29) is 5.91 Å². The fraction of sp³-hybridized carbons (Fsp3) is 0.0952. The lowest BCUT2D eigenvalue weighted by Crippen LogP contribution is -2.11. The zero-order valence-corrected chi connectivity index (χ0v) is 14.3. The number of nitrogens with zero attached hydrogens (tertiary/aromatic N) is 2. The molecule has 2 heterocycles. The van der Waals surface area contributed by atoms with Gasteiger partial charge in [-0.3, -0.25) is 9.78 Å². The number of carbonyl (C=O) groups excluding carboxylic acids is 1. The summed E-state index contributed by atoms with van der Waals surface area (Å²) >= 11 is 0. The van der Waals surface area contributed by atoms with Crippen molar-refractivity contribution in [1.29, 1.82) is 0 Å². The molecule has 0 spiro atoms. The number of aryl methyl sites for hydroxylation is 1. The molecule has 5 heteroatoms. The first-order chi connectivity index (χ1) is 12.7. The molecule has 4 rings (SSSR count). The minimum atomic E-state index is -0.195. The van der Waals surface area contributed by atoms with Gasteiger partial charge in [-0.1, -0.05) is 13.0 Å². The van der Waals surface area contributed by atoms with E-state index < -0.39 is 0 Å². The highest BCUT2D eigenvalue weighted by molar-refractivity contribution is 6.04. The molecule has 1 amide bonds. The van der Waals surface area contributed by atoms with E-state index in [1.807, 2.05) is 42.5 Å². The highest BCUT2D eigenvalue weighted by Crippen LogP contribution is 2.26. The van der Waals surface area contributed by atoms with Gasteiger partial charge in [0, 0.05) is 23.6 Å². The Morgan fingerprint density at radius 2 is 1.96 bits per heavy atom. The lowest BCUT2D eigenvalue weighted by Gasteiger charge is -2.05. The maximum Gasteiger partial charge on any atom is 0.257 e. The van der Waals surface area contributed by atoms with Crippen molar-refractivity contribution in [3.8, 4) is 11.5 Å². The van der Waals surface area contributed by atoms with Gasteiger partial charge in [-0.25, -0.2) is 4.98 Å². The highest BCUT2D eigenvalue weighted by atomic mass is 16.3. The summed E-state index contributed by atoms with van der Waals surface area (Å²) in [6, 6.07) is 16.9. The van der Waals surface area contributed by atoms with Crippen molar-refractivity contribution in [2.45, 2.75) is 13.3 Å². The number of hydrogen-bond donors (Lipinski definition) is 1. The second-order valence-corrected chi connectivity index (χ2v) is 5.95. The van der Waals surface area contributed by atoms with Crippen molar-refractivity contribution >= 4 is 22.7 Å². The Hall–Kier alpha value is -3.47. The van der Waals surface area contributed by atoms with Gasteiger partial charge in [-0.05, 0) is 60.5 Å². The summed E-state index contributed by atoms with van der Waals surface area (Å²) in [7, 11) is 0. The summed E-state index contributed by atoms with van der Waals surface area (Å²) < 4.78 is 5.84. The van der Waals surface area contributed by atoms with Crippen LogP contribution < -0.4 is 5.32 Å². The number of aromatic nitrogens is 2. The molecule has 0 aliphatic rings. The van der Waals surface area contributed by atoms with E-state index >= 15 is 0 Å². The van der Waals surface area contributed by atoms with Crippen molar-refractivity contribution in [3.05, 3.63) is 78.1 Å². The molecule has 0 saturated carbocycles. The van der Waals surface area contributed by atoms with Crippen molar-refractivity contribution in [3.63, 3.8) is 0 Å². The fourth-order valence-corrected chi connectivity index (χ4v) is 2.71. The quantitative estimate of drug-likeness (QED) is 0.583. The molecular formula is C21H17N3O2. The summed E-state index contributed by atoms with van der Waals surface area (Å²) in [4.78, 5) is 20.7. The number of oxazole rings is 1. The van der Waals surface area contributed by atoms with Gasteiger partial charge in [0.1, 0.15) is 5.52 Å². The van der Waals surface area contributed by atoms with Crippen LogP contribution in [0.5, 0.6) is 0 Å². The molecule has 128 valence electrons. The van der Waals surface area contributed by atoms with Gasteiger partial charge < -0.3 is 9.73 Å². The molecule has 2 aromatic carbocycles. The van der Waals surface area contributed by atoms with Crippen LogP contribution in [-0.4, -0.2) is 15.9 Å². The first kappa shape index (κ1) is 16.0. The molecule has 4 aromatic rings. The normalized spacial score (nSPS) is 10.8. The average Bonchev–Trinajstić information content (AvgIpc) is 3.12. The Kier molecular flexibility index (Phi) is 4.19. The molecule has 0 unspecified atom stereocenters. The third-order valence-electron chi connectivity index (χ3n) is 4.17. The third-order valence-corrected chi connectivity index (χ3v) is 4.17. The maximum absolute atomic E-state index is 12.2.